The number of hydrogen-bond donors (Lipinski definition) is 1. The lowest BCUT2D eigenvalue weighted by atomic mass is 10.5. The normalized spacial score (nSPS) is 20.8. The van der Waals surface area contributed by atoms with E-state index in [1.165, 1.54) is 0 Å². The van der Waals surface area contributed by atoms with Gasteiger partial charge in [-0.05, 0) is 0 Å². The molecule has 0 bridgehead atoms. The summed E-state index contributed by atoms with van der Waals surface area (Å²) in [7, 11) is -3.97. The van der Waals surface area contributed by atoms with Crippen LogP contribution in [0.1, 0.15) is 0 Å². The van der Waals surface area contributed by atoms with Crippen LogP contribution in [-0.4, -0.2) is 43.6 Å². The first-order valence-corrected chi connectivity index (χ1v) is 4.31. The average molecular weight is 204 g/mol. The second-order valence-corrected chi connectivity index (χ2v) is 3.40. The Balaban J connectivity index is 0.000001000. The van der Waals surface area contributed by atoms with Crippen molar-refractivity contribution < 1.29 is 17.7 Å². The van der Waals surface area contributed by atoms with Crippen LogP contribution in [0, 0.1) is 0 Å². The van der Waals surface area contributed by atoms with E-state index in [1.54, 1.807) is 0 Å². The maximum Gasteiger partial charge on any atom is 0.336 e. The maximum absolute atomic E-state index is 10.4. The predicted octanol–water partition coefficient (Wildman–Crippen LogP) is -0.457. The molecule has 0 atom stereocenters. The first-order valence-electron chi connectivity index (χ1n) is 2.91. The molecule has 68 valence electrons. The summed E-state index contributed by atoms with van der Waals surface area (Å²) >= 11 is 0. The molecule has 0 unspecified atom stereocenters. The van der Waals surface area contributed by atoms with Crippen LogP contribution in [0.15, 0.2) is 0 Å². The first kappa shape index (κ1) is 11.1. The van der Waals surface area contributed by atoms with Crippen LogP contribution in [0.3, 0.4) is 0 Å². The Hall–Kier alpha value is 0.120. The summed E-state index contributed by atoms with van der Waals surface area (Å²) < 4.78 is 35.2. The molecule has 0 aliphatic carbocycles. The van der Waals surface area contributed by atoms with Crippen LogP contribution >= 0.6 is 12.4 Å². The molecule has 1 rings (SSSR count). The van der Waals surface area contributed by atoms with Gasteiger partial charge in [-0.25, -0.2) is 0 Å². The van der Waals surface area contributed by atoms with Gasteiger partial charge in [0.25, 0.3) is 0 Å². The molecule has 1 fully saturated rings. The van der Waals surface area contributed by atoms with Crippen molar-refractivity contribution in [3.05, 3.63) is 0 Å². The van der Waals surface area contributed by atoms with Crippen molar-refractivity contribution in [2.75, 3.05) is 26.3 Å². The fraction of sp³-hybridized carbons (Fsp3) is 1.00. The fourth-order valence-corrected chi connectivity index (χ4v) is 1.39. The van der Waals surface area contributed by atoms with E-state index in [1.807, 2.05) is 0 Å². The lowest BCUT2D eigenvalue weighted by Crippen LogP contribution is -2.40. The van der Waals surface area contributed by atoms with Crippen LogP contribution in [-0.2, 0) is 15.0 Å². The lowest BCUT2D eigenvalue weighted by Gasteiger charge is -2.22. The Bertz CT molecular complexity index is 198. The summed E-state index contributed by atoms with van der Waals surface area (Å²) in [6, 6.07) is 0. The van der Waals surface area contributed by atoms with Crippen molar-refractivity contribution in [2.45, 2.75) is 0 Å². The van der Waals surface area contributed by atoms with Crippen LogP contribution < -0.4 is 0 Å². The van der Waals surface area contributed by atoms with Gasteiger partial charge >= 0.3 is 10.3 Å². The Morgan fingerprint density at radius 2 is 1.73 bits per heavy atom. The minimum atomic E-state index is -3.97. The third kappa shape index (κ3) is 3.35. The SMILES string of the molecule is Cl.O=S(=O)(O)N1CCOCC1. The standard InChI is InChI=1S/C4H9NO4S.ClH/c6-10(7,8)5-1-3-9-4-2-5;/h1-4H2,(H,6,7,8);1H. The number of morpholine rings is 1. The summed E-state index contributed by atoms with van der Waals surface area (Å²) in [6.07, 6.45) is 0. The quantitative estimate of drug-likeness (QED) is 0.586. The second kappa shape index (κ2) is 4.22. The highest BCUT2D eigenvalue weighted by atomic mass is 35.5. The molecule has 0 radical (unpaired) electrons. The number of ether oxygens (including phenoxy) is 1. The third-order valence-electron chi connectivity index (χ3n) is 1.30. The Morgan fingerprint density at radius 1 is 1.27 bits per heavy atom. The molecule has 1 aliphatic rings. The van der Waals surface area contributed by atoms with Crippen molar-refractivity contribution in [2.24, 2.45) is 0 Å². The van der Waals surface area contributed by atoms with Gasteiger partial charge in [0.15, 0.2) is 0 Å². The van der Waals surface area contributed by atoms with Gasteiger partial charge in [-0.15, -0.1) is 12.4 Å². The molecule has 1 N–H and O–H groups in total. The molecule has 1 saturated heterocycles. The third-order valence-corrected chi connectivity index (χ3v) is 2.31. The molecule has 1 aliphatic heterocycles. The summed E-state index contributed by atoms with van der Waals surface area (Å²) in [5.74, 6) is 0. The second-order valence-electron chi connectivity index (χ2n) is 1.99. The molecule has 11 heavy (non-hydrogen) atoms. The van der Waals surface area contributed by atoms with Gasteiger partial charge < -0.3 is 4.74 Å². The van der Waals surface area contributed by atoms with Crippen molar-refractivity contribution in [1.82, 2.24) is 4.31 Å². The number of rotatable bonds is 1. The van der Waals surface area contributed by atoms with Gasteiger partial charge in [0, 0.05) is 13.1 Å². The maximum atomic E-state index is 10.4. The summed E-state index contributed by atoms with van der Waals surface area (Å²) in [5.41, 5.74) is 0. The van der Waals surface area contributed by atoms with Crippen molar-refractivity contribution in [3.63, 3.8) is 0 Å². The zero-order valence-electron chi connectivity index (χ0n) is 5.76. The summed E-state index contributed by atoms with van der Waals surface area (Å²) in [5, 5.41) is 0. The highest BCUT2D eigenvalue weighted by molar-refractivity contribution is 7.83. The molecule has 5 nitrogen and oxygen atoms in total. The van der Waals surface area contributed by atoms with Gasteiger partial charge in [-0.1, -0.05) is 0 Å². The van der Waals surface area contributed by atoms with E-state index in [0.29, 0.717) is 13.2 Å². The van der Waals surface area contributed by atoms with E-state index in [-0.39, 0.29) is 25.5 Å². The lowest BCUT2D eigenvalue weighted by molar-refractivity contribution is 0.0693. The number of nitrogens with zero attached hydrogens (tertiary/aromatic N) is 1. The first-order chi connectivity index (χ1) is 4.61. The van der Waals surface area contributed by atoms with Crippen LogP contribution in [0.25, 0.3) is 0 Å². The molecule has 0 aromatic rings. The Morgan fingerprint density at radius 3 is 2.00 bits per heavy atom. The minimum absolute atomic E-state index is 0. The van der Waals surface area contributed by atoms with Gasteiger partial charge in [0.05, 0.1) is 13.2 Å². The Labute approximate surface area is 71.6 Å². The molecular formula is C4H10ClNO4S. The molecule has 1 heterocycles. The molecular weight excluding hydrogens is 194 g/mol. The van der Waals surface area contributed by atoms with Gasteiger partial charge in [0.1, 0.15) is 0 Å². The highest BCUT2D eigenvalue weighted by Gasteiger charge is 2.20. The van der Waals surface area contributed by atoms with E-state index in [9.17, 15) is 8.42 Å². The molecule has 0 saturated carbocycles. The van der Waals surface area contributed by atoms with E-state index < -0.39 is 10.3 Å². The number of halogens is 1. The Kier molecular flexibility index (Phi) is 4.27. The topological polar surface area (TPSA) is 66.8 Å². The molecule has 0 aromatic heterocycles. The van der Waals surface area contributed by atoms with Crippen LogP contribution in [0.5, 0.6) is 0 Å². The van der Waals surface area contributed by atoms with E-state index in [4.69, 9.17) is 9.29 Å². The minimum Gasteiger partial charge on any atom is -0.379 e. The van der Waals surface area contributed by atoms with E-state index in [0.717, 1.165) is 4.31 Å². The highest BCUT2D eigenvalue weighted by Crippen LogP contribution is 2.00. The van der Waals surface area contributed by atoms with E-state index in [2.05, 4.69) is 0 Å². The van der Waals surface area contributed by atoms with Crippen molar-refractivity contribution in [1.29, 1.82) is 0 Å². The molecule has 0 amide bonds. The van der Waals surface area contributed by atoms with Crippen molar-refractivity contribution in [3.8, 4) is 0 Å². The fourth-order valence-electron chi connectivity index (χ4n) is 0.777. The zero-order chi connectivity index (χ0) is 7.61. The smallest absolute Gasteiger partial charge is 0.336 e. The largest absolute Gasteiger partial charge is 0.379 e. The molecule has 0 spiro atoms. The molecule has 0 aromatic carbocycles. The average Bonchev–Trinajstić information content (AvgIpc) is 1.88. The van der Waals surface area contributed by atoms with Gasteiger partial charge in [0.2, 0.25) is 0 Å². The van der Waals surface area contributed by atoms with Crippen molar-refractivity contribution >= 4 is 22.7 Å². The van der Waals surface area contributed by atoms with Crippen LogP contribution in [0.4, 0.5) is 0 Å². The number of hydrogen-bond acceptors (Lipinski definition) is 3. The van der Waals surface area contributed by atoms with Crippen LogP contribution in [0.2, 0.25) is 0 Å². The molecule has 7 heteroatoms. The monoisotopic (exact) mass is 203 g/mol. The van der Waals surface area contributed by atoms with E-state index >= 15 is 0 Å². The van der Waals surface area contributed by atoms with Gasteiger partial charge in [-0.2, -0.15) is 12.7 Å². The zero-order valence-corrected chi connectivity index (χ0v) is 7.40. The summed E-state index contributed by atoms with van der Waals surface area (Å²) in [4.78, 5) is 0. The van der Waals surface area contributed by atoms with Gasteiger partial charge in [-0.3, -0.25) is 4.55 Å². The summed E-state index contributed by atoms with van der Waals surface area (Å²) in [6.45, 7) is 1.22. The predicted molar refractivity (Wildman–Crippen MR) is 41.2 cm³/mol.